The van der Waals surface area contributed by atoms with Crippen LogP contribution in [0.25, 0.3) is 0 Å². The van der Waals surface area contributed by atoms with Crippen LogP contribution in [0.5, 0.6) is 0 Å². The molecule has 0 amide bonds. The smallest absolute Gasteiger partial charge is 0.362 e. The highest BCUT2D eigenvalue weighted by Gasteiger charge is 2.31. The van der Waals surface area contributed by atoms with Crippen LogP contribution in [0.1, 0.15) is 149 Å². The van der Waals surface area contributed by atoms with Gasteiger partial charge in [-0.2, -0.15) is 0 Å². The Balaban J connectivity index is 4.37. The Labute approximate surface area is 293 Å². The maximum Gasteiger partial charge on any atom is 0.362 e. The number of aliphatic carboxylic acids is 1. The number of carbonyl (C=O) groups is 3. The van der Waals surface area contributed by atoms with Crippen molar-refractivity contribution in [3.8, 4) is 0 Å². The third-order valence-electron chi connectivity index (χ3n) is 8.30. The molecule has 2 atom stereocenters. The first-order valence-electron chi connectivity index (χ1n) is 19.0. The van der Waals surface area contributed by atoms with E-state index in [0.29, 0.717) is 19.3 Å². The van der Waals surface area contributed by atoms with Gasteiger partial charge in [-0.3, -0.25) is 9.59 Å². The van der Waals surface area contributed by atoms with E-state index in [2.05, 4.69) is 50.3 Å². The van der Waals surface area contributed by atoms with E-state index < -0.39 is 18.1 Å². The molecule has 0 aromatic carbocycles. The molecule has 1 N–H and O–H groups in total. The zero-order valence-corrected chi connectivity index (χ0v) is 31.4. The Morgan fingerprint density at radius 2 is 1.17 bits per heavy atom. The largest absolute Gasteiger partial charge is 0.477 e. The van der Waals surface area contributed by atoms with E-state index in [1.165, 1.54) is 44.9 Å². The zero-order valence-electron chi connectivity index (χ0n) is 31.4. The molecule has 0 rings (SSSR count). The van der Waals surface area contributed by atoms with Crippen molar-refractivity contribution in [2.24, 2.45) is 0 Å². The number of esters is 2. The van der Waals surface area contributed by atoms with Crippen LogP contribution < -0.4 is 0 Å². The zero-order chi connectivity index (χ0) is 35.7. The van der Waals surface area contributed by atoms with Gasteiger partial charge in [0.1, 0.15) is 6.61 Å². The fraction of sp³-hybridized carbons (Fsp3) is 0.775. The first kappa shape index (κ1) is 45.6. The molecule has 0 aromatic heterocycles. The van der Waals surface area contributed by atoms with Crippen molar-refractivity contribution >= 4 is 17.9 Å². The fourth-order valence-corrected chi connectivity index (χ4v) is 5.34. The molecule has 0 spiro atoms. The van der Waals surface area contributed by atoms with Gasteiger partial charge in [0, 0.05) is 19.3 Å². The van der Waals surface area contributed by atoms with Crippen LogP contribution in [0.15, 0.2) is 36.5 Å². The van der Waals surface area contributed by atoms with E-state index in [9.17, 15) is 19.5 Å². The van der Waals surface area contributed by atoms with Crippen molar-refractivity contribution in [2.45, 2.75) is 161 Å². The summed E-state index contributed by atoms with van der Waals surface area (Å²) >= 11 is 0. The molecule has 0 heterocycles. The number of carbonyl (C=O) groups excluding carboxylic acids is 2. The van der Waals surface area contributed by atoms with Crippen LogP contribution in [-0.2, 0) is 28.6 Å². The predicted molar refractivity (Wildman–Crippen MR) is 197 cm³/mol. The molecule has 0 radical (unpaired) electrons. The molecule has 0 bridgehead atoms. The Bertz CT molecular complexity index is 891. The van der Waals surface area contributed by atoms with Crippen LogP contribution in [0.2, 0.25) is 0 Å². The summed E-state index contributed by atoms with van der Waals surface area (Å²) in [6.07, 6.45) is 33.3. The van der Waals surface area contributed by atoms with Crippen molar-refractivity contribution < 1.29 is 38.2 Å². The van der Waals surface area contributed by atoms with Crippen molar-refractivity contribution in [1.29, 1.82) is 0 Å². The molecule has 0 aromatic rings. The lowest BCUT2D eigenvalue weighted by Gasteiger charge is -2.31. The van der Waals surface area contributed by atoms with Gasteiger partial charge >= 0.3 is 17.9 Å². The summed E-state index contributed by atoms with van der Waals surface area (Å²) in [6.45, 7) is 4.56. The fourth-order valence-electron chi connectivity index (χ4n) is 5.34. The summed E-state index contributed by atoms with van der Waals surface area (Å²) in [4.78, 5) is 36.7. The number of hydrogen-bond acceptors (Lipinski definition) is 6. The van der Waals surface area contributed by atoms with E-state index in [-0.39, 0.29) is 36.2 Å². The second-order valence-corrected chi connectivity index (χ2v) is 13.8. The van der Waals surface area contributed by atoms with Gasteiger partial charge in [-0.15, -0.1) is 0 Å². The molecule has 0 aliphatic heterocycles. The van der Waals surface area contributed by atoms with Crippen LogP contribution in [0.3, 0.4) is 0 Å². The Morgan fingerprint density at radius 1 is 0.646 bits per heavy atom. The summed E-state index contributed by atoms with van der Waals surface area (Å²) in [5, 5.41) is 9.56. The molecule has 48 heavy (non-hydrogen) atoms. The first-order valence-corrected chi connectivity index (χ1v) is 19.0. The van der Waals surface area contributed by atoms with Crippen molar-refractivity contribution in [2.75, 3.05) is 41.0 Å². The van der Waals surface area contributed by atoms with Crippen LogP contribution >= 0.6 is 0 Å². The van der Waals surface area contributed by atoms with E-state index in [1.807, 2.05) is 21.1 Å². The lowest BCUT2D eigenvalue weighted by molar-refractivity contribution is -0.887. The maximum absolute atomic E-state index is 12.6. The molecule has 8 heteroatoms. The normalized spacial score (nSPS) is 13.4. The summed E-state index contributed by atoms with van der Waals surface area (Å²) in [5.41, 5.74) is 0. The van der Waals surface area contributed by atoms with Crippen molar-refractivity contribution in [1.82, 2.24) is 0 Å². The number of ether oxygens (including phenoxy) is 3. The van der Waals surface area contributed by atoms with Crippen LogP contribution in [0, 0.1) is 0 Å². The standard InChI is InChI=1S/C40H71NO7/c1-6-8-10-12-14-16-17-18-19-20-21-22-23-25-26-28-30-38(42)47-35-36(34-46-33-32-37(40(44)45)41(3,4)5)48-39(43)31-29-27-24-15-13-11-9-7-2/h8,10,14,16,18-19,36-37H,6-7,9,11-13,15,17,20-35H2,1-5H3/p+1/b10-8+,16-14+,19-18+. The van der Waals surface area contributed by atoms with Gasteiger partial charge in [0.25, 0.3) is 0 Å². The number of unbranched alkanes of at least 4 members (excludes halogenated alkanes) is 13. The molecule has 0 saturated heterocycles. The minimum Gasteiger partial charge on any atom is -0.477 e. The Hall–Kier alpha value is -2.45. The summed E-state index contributed by atoms with van der Waals surface area (Å²) in [7, 11) is 5.51. The van der Waals surface area contributed by atoms with E-state index in [0.717, 1.165) is 70.6 Å². The van der Waals surface area contributed by atoms with E-state index in [1.54, 1.807) is 0 Å². The molecule has 8 nitrogen and oxygen atoms in total. The monoisotopic (exact) mass is 679 g/mol. The minimum absolute atomic E-state index is 0.0566. The van der Waals surface area contributed by atoms with E-state index in [4.69, 9.17) is 14.2 Å². The number of allylic oxidation sites excluding steroid dienone is 6. The topological polar surface area (TPSA) is 99.1 Å². The number of quaternary nitrogens is 1. The predicted octanol–water partition coefficient (Wildman–Crippen LogP) is 9.52. The van der Waals surface area contributed by atoms with Gasteiger partial charge in [0.2, 0.25) is 0 Å². The number of likely N-dealkylation sites (N-methyl/N-ethyl adjacent to an activating group) is 1. The lowest BCUT2D eigenvalue weighted by atomic mass is 10.1. The average molecular weight is 679 g/mol. The second kappa shape index (κ2) is 31.8. The highest BCUT2D eigenvalue weighted by molar-refractivity contribution is 5.72. The number of rotatable bonds is 33. The van der Waals surface area contributed by atoms with Gasteiger partial charge in [-0.05, 0) is 44.9 Å². The molecule has 278 valence electrons. The summed E-state index contributed by atoms with van der Waals surface area (Å²) < 4.78 is 17.1. The van der Waals surface area contributed by atoms with Crippen LogP contribution in [0.4, 0.5) is 0 Å². The van der Waals surface area contributed by atoms with Crippen molar-refractivity contribution in [3.63, 3.8) is 0 Å². The van der Waals surface area contributed by atoms with Gasteiger partial charge in [-0.25, -0.2) is 4.79 Å². The number of carboxylic acids is 1. The molecule has 0 aliphatic carbocycles. The molecule has 0 fully saturated rings. The number of nitrogens with zero attached hydrogens (tertiary/aromatic N) is 1. The van der Waals surface area contributed by atoms with Gasteiger partial charge in [0.05, 0.1) is 34.4 Å². The first-order chi connectivity index (χ1) is 23.1. The quantitative estimate of drug-likeness (QED) is 0.0319. The number of hydrogen-bond donors (Lipinski definition) is 1. The van der Waals surface area contributed by atoms with Gasteiger partial charge in [-0.1, -0.05) is 121 Å². The number of carboxylic acid groups (broad SMARTS) is 1. The third kappa shape index (κ3) is 29.7. The highest BCUT2D eigenvalue weighted by Crippen LogP contribution is 2.13. The maximum atomic E-state index is 12.6. The second-order valence-electron chi connectivity index (χ2n) is 13.8. The SMILES string of the molecule is CC/C=C/C/C=C/C/C=C/CCCCCCCCC(=O)OCC(COCCC(C(=O)O)[N+](C)(C)C)OC(=O)CCCCCCCCCC. The molecule has 0 aliphatic rings. The van der Waals surface area contributed by atoms with Crippen LogP contribution in [-0.4, -0.2) is 80.6 Å². The Morgan fingerprint density at radius 3 is 1.73 bits per heavy atom. The summed E-state index contributed by atoms with van der Waals surface area (Å²) in [5.74, 6) is -1.49. The van der Waals surface area contributed by atoms with Gasteiger partial charge < -0.3 is 23.8 Å². The average Bonchev–Trinajstić information content (AvgIpc) is 3.03. The highest BCUT2D eigenvalue weighted by atomic mass is 16.6. The summed E-state index contributed by atoms with van der Waals surface area (Å²) in [6, 6.07) is -0.613. The van der Waals surface area contributed by atoms with Gasteiger partial charge in [0.15, 0.2) is 12.1 Å². The lowest BCUT2D eigenvalue weighted by Crippen LogP contribution is -2.50. The third-order valence-corrected chi connectivity index (χ3v) is 8.30. The van der Waals surface area contributed by atoms with E-state index >= 15 is 0 Å². The Kier molecular flexibility index (Phi) is 30.2. The van der Waals surface area contributed by atoms with Crippen molar-refractivity contribution in [3.05, 3.63) is 36.5 Å². The molecular formula is C40H72NO7+. The molecular weight excluding hydrogens is 606 g/mol. The molecule has 2 unspecified atom stereocenters. The molecule has 0 saturated carbocycles. The minimum atomic E-state index is -0.879.